The smallest absolute Gasteiger partial charge is 0.239 e. The van der Waals surface area contributed by atoms with Crippen molar-refractivity contribution in [3.8, 4) is 0 Å². The van der Waals surface area contributed by atoms with Crippen LogP contribution in [-0.2, 0) is 16.0 Å². The van der Waals surface area contributed by atoms with Crippen LogP contribution in [0.3, 0.4) is 0 Å². The number of benzene rings is 1. The Kier molecular flexibility index (Phi) is 11.9. The molecule has 2 rings (SSSR count). The molecule has 1 aromatic rings. The van der Waals surface area contributed by atoms with E-state index in [0.29, 0.717) is 18.5 Å². The van der Waals surface area contributed by atoms with Crippen molar-refractivity contribution in [2.45, 2.75) is 64.8 Å². The Bertz CT molecular complexity index is 716. The summed E-state index contributed by atoms with van der Waals surface area (Å²) in [6.45, 7) is 6.22. The number of aryl methyl sites for hydroxylation is 1. The van der Waals surface area contributed by atoms with Gasteiger partial charge >= 0.3 is 0 Å². The highest BCUT2D eigenvalue weighted by molar-refractivity contribution is 5.85. The molecule has 1 aliphatic carbocycles. The molecule has 0 saturated heterocycles. The quantitative estimate of drug-likeness (QED) is 0.344. The third kappa shape index (κ3) is 9.86. The Hall–Kier alpha value is -2.34. The van der Waals surface area contributed by atoms with Crippen LogP contribution in [0.1, 0.15) is 57.9 Å². The average molecular weight is 443 g/mol. The Labute approximate surface area is 194 Å². The Morgan fingerprint density at radius 3 is 2.47 bits per heavy atom. The molecule has 1 saturated carbocycles. The van der Waals surface area contributed by atoms with Crippen LogP contribution in [0.5, 0.6) is 0 Å². The lowest BCUT2D eigenvalue weighted by atomic mass is 10.1. The summed E-state index contributed by atoms with van der Waals surface area (Å²) in [5.41, 5.74) is 2.48. The molecule has 1 aliphatic rings. The number of unbranched alkanes of at least 4 members (excludes halogenated alkanes) is 1. The summed E-state index contributed by atoms with van der Waals surface area (Å²) in [5.74, 6) is 0.396. The molecular weight excluding hydrogens is 400 g/mol. The predicted molar refractivity (Wildman–Crippen MR) is 131 cm³/mol. The Morgan fingerprint density at radius 1 is 1.06 bits per heavy atom. The number of amides is 2. The first-order valence-electron chi connectivity index (χ1n) is 12.3. The molecule has 0 radical (unpaired) electrons. The molecule has 1 atom stereocenters. The molecule has 0 spiro atoms. The zero-order valence-electron chi connectivity index (χ0n) is 20.2. The molecule has 6 heteroatoms. The van der Waals surface area contributed by atoms with Gasteiger partial charge in [-0.2, -0.15) is 0 Å². The first-order chi connectivity index (χ1) is 15.5. The molecule has 0 aromatic heterocycles. The fraction of sp³-hybridized carbons (Fsp3) is 0.615. The monoisotopic (exact) mass is 442 g/mol. The minimum atomic E-state index is -0.142. The van der Waals surface area contributed by atoms with Gasteiger partial charge < -0.3 is 20.9 Å². The second-order valence-electron chi connectivity index (χ2n) is 8.76. The van der Waals surface area contributed by atoms with E-state index in [0.717, 1.165) is 38.6 Å². The molecule has 0 bridgehead atoms. The van der Waals surface area contributed by atoms with Crippen LogP contribution in [0, 0.1) is 5.92 Å². The van der Waals surface area contributed by atoms with Gasteiger partial charge in [0.15, 0.2) is 0 Å². The van der Waals surface area contributed by atoms with Crippen LogP contribution in [0.15, 0.2) is 42.1 Å². The highest BCUT2D eigenvalue weighted by atomic mass is 16.2. The number of carbonyl (C=O) groups is 2. The van der Waals surface area contributed by atoms with Gasteiger partial charge in [-0.25, -0.2) is 0 Å². The molecule has 32 heavy (non-hydrogen) atoms. The first kappa shape index (κ1) is 25.9. The minimum Gasteiger partial charge on any atom is -0.368 e. The van der Waals surface area contributed by atoms with Gasteiger partial charge in [0.25, 0.3) is 0 Å². The fourth-order valence-corrected chi connectivity index (χ4v) is 3.82. The van der Waals surface area contributed by atoms with Gasteiger partial charge in [-0.05, 0) is 56.6 Å². The van der Waals surface area contributed by atoms with Crippen LogP contribution in [-0.4, -0.2) is 56.0 Å². The Morgan fingerprint density at radius 2 is 1.81 bits per heavy atom. The van der Waals surface area contributed by atoms with Gasteiger partial charge in [-0.3, -0.25) is 9.59 Å². The van der Waals surface area contributed by atoms with Gasteiger partial charge in [0, 0.05) is 25.3 Å². The van der Waals surface area contributed by atoms with Crippen molar-refractivity contribution in [3.05, 3.63) is 47.7 Å². The van der Waals surface area contributed by atoms with E-state index in [-0.39, 0.29) is 24.9 Å². The van der Waals surface area contributed by atoms with E-state index >= 15 is 0 Å². The van der Waals surface area contributed by atoms with Crippen molar-refractivity contribution in [3.63, 3.8) is 0 Å². The molecule has 6 nitrogen and oxygen atoms in total. The van der Waals surface area contributed by atoms with E-state index in [1.54, 1.807) is 0 Å². The molecule has 1 fully saturated rings. The number of likely N-dealkylation sites (N-methyl/N-ethyl adjacent to an activating group) is 1. The average Bonchev–Trinajstić information content (AvgIpc) is 3.63. The van der Waals surface area contributed by atoms with Gasteiger partial charge in [-0.15, -0.1) is 0 Å². The number of rotatable bonds is 16. The summed E-state index contributed by atoms with van der Waals surface area (Å²) in [5, 5.41) is 9.34. The van der Waals surface area contributed by atoms with Crippen LogP contribution < -0.4 is 16.0 Å². The zero-order chi connectivity index (χ0) is 23.2. The molecular formula is C26H42N4O2. The second kappa shape index (κ2) is 14.7. The minimum absolute atomic E-state index is 0.0200. The van der Waals surface area contributed by atoms with Crippen LogP contribution in [0.2, 0.25) is 0 Å². The topological polar surface area (TPSA) is 73.5 Å². The highest BCUT2D eigenvalue weighted by Crippen LogP contribution is 2.36. The van der Waals surface area contributed by atoms with Gasteiger partial charge in [0.05, 0.1) is 13.1 Å². The fourth-order valence-electron chi connectivity index (χ4n) is 3.82. The second-order valence-corrected chi connectivity index (χ2v) is 8.76. The van der Waals surface area contributed by atoms with Gasteiger partial charge in [0.2, 0.25) is 11.8 Å². The van der Waals surface area contributed by atoms with Crippen LogP contribution in [0.25, 0.3) is 0 Å². The molecule has 0 aliphatic heterocycles. The normalized spacial score (nSPS) is 14.7. The zero-order valence-corrected chi connectivity index (χ0v) is 20.2. The van der Waals surface area contributed by atoms with Crippen molar-refractivity contribution in [2.24, 2.45) is 5.92 Å². The summed E-state index contributed by atoms with van der Waals surface area (Å²) < 4.78 is 0. The molecule has 1 aromatic carbocycles. The molecule has 178 valence electrons. The van der Waals surface area contributed by atoms with Crippen LogP contribution >= 0.6 is 0 Å². The summed E-state index contributed by atoms with van der Waals surface area (Å²) in [7, 11) is 1.98. The molecule has 0 heterocycles. The number of hydrogen-bond donors (Lipinski definition) is 3. The standard InChI is InChI=1S/C26H42N4O2/c1-4-6-14-23(26(22-15-16-22)28-17-5-2)30(3)20-25(32)29-19-24(31)27-18-10-13-21-11-8-7-9-12-21/h7-9,11-12,14,22,26,28H,4-6,10,13,15-20H2,1-3H3,(H,27,31)(H,29,32)/b23-14+. The van der Waals surface area contributed by atoms with E-state index in [1.165, 1.54) is 24.1 Å². The third-order valence-corrected chi connectivity index (χ3v) is 5.74. The van der Waals surface area contributed by atoms with Crippen molar-refractivity contribution in [2.75, 3.05) is 33.2 Å². The summed E-state index contributed by atoms with van der Waals surface area (Å²) in [6.07, 6.45) is 9.76. The number of allylic oxidation sites excluding steroid dienone is 1. The van der Waals surface area contributed by atoms with E-state index in [1.807, 2.05) is 25.2 Å². The lowest BCUT2D eigenvalue weighted by Crippen LogP contribution is -2.45. The number of carbonyl (C=O) groups excluding carboxylic acids is 2. The van der Waals surface area contributed by atoms with Crippen molar-refractivity contribution >= 4 is 11.8 Å². The SMILES string of the molecule is CCC/C=C(\C(NCCC)C1CC1)N(C)CC(=O)NCC(=O)NCCCc1ccccc1. The van der Waals surface area contributed by atoms with Crippen molar-refractivity contribution in [1.29, 1.82) is 0 Å². The summed E-state index contributed by atoms with van der Waals surface area (Å²) in [6, 6.07) is 10.5. The largest absolute Gasteiger partial charge is 0.368 e. The van der Waals surface area contributed by atoms with E-state index in [4.69, 9.17) is 0 Å². The first-order valence-corrected chi connectivity index (χ1v) is 12.3. The lowest BCUT2D eigenvalue weighted by Gasteiger charge is -2.30. The highest BCUT2D eigenvalue weighted by Gasteiger charge is 2.34. The van der Waals surface area contributed by atoms with Gasteiger partial charge in [0.1, 0.15) is 0 Å². The maximum absolute atomic E-state index is 12.5. The molecule has 2 amide bonds. The van der Waals surface area contributed by atoms with E-state index < -0.39 is 0 Å². The predicted octanol–water partition coefficient (Wildman–Crippen LogP) is 3.25. The van der Waals surface area contributed by atoms with Gasteiger partial charge in [-0.1, -0.05) is 56.7 Å². The number of nitrogens with one attached hydrogen (secondary N) is 3. The lowest BCUT2D eigenvalue weighted by molar-refractivity contribution is -0.126. The van der Waals surface area contributed by atoms with Crippen LogP contribution in [0.4, 0.5) is 0 Å². The summed E-state index contributed by atoms with van der Waals surface area (Å²) in [4.78, 5) is 26.6. The number of nitrogens with zero attached hydrogens (tertiary/aromatic N) is 1. The summed E-state index contributed by atoms with van der Waals surface area (Å²) >= 11 is 0. The molecule has 1 unspecified atom stereocenters. The molecule has 3 N–H and O–H groups in total. The maximum Gasteiger partial charge on any atom is 0.239 e. The van der Waals surface area contributed by atoms with Crippen molar-refractivity contribution < 1.29 is 9.59 Å². The number of hydrogen-bond acceptors (Lipinski definition) is 4. The van der Waals surface area contributed by atoms with Crippen molar-refractivity contribution in [1.82, 2.24) is 20.9 Å². The van der Waals surface area contributed by atoms with E-state index in [9.17, 15) is 9.59 Å². The van der Waals surface area contributed by atoms with E-state index in [2.05, 4.69) is 52.9 Å². The maximum atomic E-state index is 12.5. The third-order valence-electron chi connectivity index (χ3n) is 5.74. The Balaban J connectivity index is 1.73.